The SMILES string of the molecule is CN(Cc1ccccc1)S(=O)(=O)c1cc(CCl)oc1Br. The molecule has 0 saturated carbocycles. The molecule has 0 saturated heterocycles. The van der Waals surface area contributed by atoms with E-state index in [1.165, 1.54) is 17.4 Å². The van der Waals surface area contributed by atoms with Crippen molar-refractivity contribution in [2.24, 2.45) is 0 Å². The van der Waals surface area contributed by atoms with Crippen LogP contribution in [-0.2, 0) is 22.4 Å². The molecule has 0 bridgehead atoms. The lowest BCUT2D eigenvalue weighted by atomic mass is 10.2. The smallest absolute Gasteiger partial charge is 0.247 e. The summed E-state index contributed by atoms with van der Waals surface area (Å²) in [6.07, 6.45) is 0. The maximum Gasteiger partial charge on any atom is 0.247 e. The third-order valence-electron chi connectivity index (χ3n) is 2.77. The van der Waals surface area contributed by atoms with Crippen LogP contribution in [0.15, 0.2) is 50.4 Å². The van der Waals surface area contributed by atoms with Gasteiger partial charge in [-0.25, -0.2) is 8.42 Å². The van der Waals surface area contributed by atoms with E-state index in [4.69, 9.17) is 16.0 Å². The molecule has 0 aliphatic rings. The number of alkyl halides is 1. The summed E-state index contributed by atoms with van der Waals surface area (Å²) in [6.45, 7) is 0.289. The first-order valence-electron chi connectivity index (χ1n) is 5.79. The summed E-state index contributed by atoms with van der Waals surface area (Å²) in [5.74, 6) is 0.529. The zero-order valence-electron chi connectivity index (χ0n) is 10.7. The van der Waals surface area contributed by atoms with E-state index in [2.05, 4.69) is 15.9 Å². The first kappa shape index (κ1) is 15.6. The van der Waals surface area contributed by atoms with Crippen molar-refractivity contribution >= 4 is 37.6 Å². The van der Waals surface area contributed by atoms with Gasteiger partial charge in [-0.3, -0.25) is 0 Å². The Morgan fingerprint density at radius 3 is 2.50 bits per heavy atom. The number of halogens is 2. The van der Waals surface area contributed by atoms with Gasteiger partial charge in [0.25, 0.3) is 0 Å². The summed E-state index contributed by atoms with van der Waals surface area (Å²) >= 11 is 8.76. The molecule has 2 aromatic rings. The molecule has 0 spiro atoms. The van der Waals surface area contributed by atoms with Crippen molar-refractivity contribution in [3.63, 3.8) is 0 Å². The predicted molar refractivity (Wildman–Crippen MR) is 81.1 cm³/mol. The molecule has 0 aliphatic heterocycles. The highest BCUT2D eigenvalue weighted by atomic mass is 79.9. The topological polar surface area (TPSA) is 50.5 Å². The number of nitrogens with zero attached hydrogens (tertiary/aromatic N) is 1. The third kappa shape index (κ3) is 3.25. The van der Waals surface area contributed by atoms with Gasteiger partial charge in [-0.1, -0.05) is 30.3 Å². The Bertz CT molecular complexity index is 685. The van der Waals surface area contributed by atoms with Gasteiger partial charge in [0.1, 0.15) is 10.7 Å². The van der Waals surface area contributed by atoms with E-state index >= 15 is 0 Å². The summed E-state index contributed by atoms with van der Waals surface area (Å²) in [6, 6.07) is 10.8. The molecule has 0 amide bonds. The Kier molecular flexibility index (Phi) is 4.90. The van der Waals surface area contributed by atoms with Crippen molar-refractivity contribution in [3.8, 4) is 0 Å². The molecule has 0 fully saturated rings. The van der Waals surface area contributed by atoms with Gasteiger partial charge >= 0.3 is 0 Å². The molecule has 1 heterocycles. The van der Waals surface area contributed by atoms with Gasteiger partial charge in [0, 0.05) is 19.7 Å². The van der Waals surface area contributed by atoms with Gasteiger partial charge in [-0.05, 0) is 21.5 Å². The number of hydrogen-bond acceptors (Lipinski definition) is 3. The van der Waals surface area contributed by atoms with Crippen LogP contribution >= 0.6 is 27.5 Å². The summed E-state index contributed by atoms with van der Waals surface area (Å²) < 4.78 is 31.6. The Hall–Kier alpha value is -0.820. The molecule has 2 rings (SSSR count). The molecule has 20 heavy (non-hydrogen) atoms. The van der Waals surface area contributed by atoms with E-state index in [1.54, 1.807) is 0 Å². The molecule has 0 atom stereocenters. The van der Waals surface area contributed by atoms with Crippen molar-refractivity contribution in [1.82, 2.24) is 4.31 Å². The maximum absolute atomic E-state index is 12.5. The molecular formula is C13H13BrClNO3S. The van der Waals surface area contributed by atoms with Crippen LogP contribution in [0.5, 0.6) is 0 Å². The van der Waals surface area contributed by atoms with Crippen molar-refractivity contribution < 1.29 is 12.8 Å². The highest BCUT2D eigenvalue weighted by Gasteiger charge is 2.26. The lowest BCUT2D eigenvalue weighted by Crippen LogP contribution is -2.26. The van der Waals surface area contributed by atoms with Gasteiger partial charge in [0.2, 0.25) is 10.0 Å². The second-order valence-corrected chi connectivity index (χ2v) is 7.23. The van der Waals surface area contributed by atoms with E-state index in [-0.39, 0.29) is 22.0 Å². The highest BCUT2D eigenvalue weighted by molar-refractivity contribution is 9.10. The van der Waals surface area contributed by atoms with Gasteiger partial charge in [0.15, 0.2) is 4.67 Å². The molecule has 7 heteroatoms. The quantitative estimate of drug-likeness (QED) is 0.747. The Morgan fingerprint density at radius 1 is 1.30 bits per heavy atom. The second-order valence-electron chi connectivity index (χ2n) is 4.23. The molecule has 108 valence electrons. The summed E-state index contributed by atoms with van der Waals surface area (Å²) in [4.78, 5) is 0.0894. The van der Waals surface area contributed by atoms with Crippen LogP contribution in [0.1, 0.15) is 11.3 Å². The van der Waals surface area contributed by atoms with E-state index in [0.29, 0.717) is 5.76 Å². The van der Waals surface area contributed by atoms with Crippen LogP contribution in [0.25, 0.3) is 0 Å². The predicted octanol–water partition coefficient (Wildman–Crippen LogP) is 3.60. The number of sulfonamides is 1. The Labute approximate surface area is 131 Å². The minimum Gasteiger partial charge on any atom is -0.452 e. The molecular weight excluding hydrogens is 366 g/mol. The van der Waals surface area contributed by atoms with E-state index in [0.717, 1.165) is 5.56 Å². The number of rotatable bonds is 5. The van der Waals surface area contributed by atoms with E-state index in [9.17, 15) is 8.42 Å². The van der Waals surface area contributed by atoms with Crippen LogP contribution in [0, 0.1) is 0 Å². The van der Waals surface area contributed by atoms with Gasteiger partial charge < -0.3 is 4.42 Å². The van der Waals surface area contributed by atoms with Crippen molar-refractivity contribution in [1.29, 1.82) is 0 Å². The number of furan rings is 1. The van der Waals surface area contributed by atoms with Crippen molar-refractivity contribution in [3.05, 3.63) is 52.4 Å². The minimum atomic E-state index is -3.62. The zero-order chi connectivity index (χ0) is 14.8. The first-order valence-corrected chi connectivity index (χ1v) is 8.56. The Morgan fingerprint density at radius 2 is 1.95 bits per heavy atom. The zero-order valence-corrected chi connectivity index (χ0v) is 13.9. The van der Waals surface area contributed by atoms with Crippen LogP contribution in [0.2, 0.25) is 0 Å². The minimum absolute atomic E-state index is 0.0894. The molecule has 0 unspecified atom stereocenters. The molecule has 1 aromatic carbocycles. The summed E-state index contributed by atoms with van der Waals surface area (Å²) in [5.41, 5.74) is 0.913. The molecule has 0 radical (unpaired) electrons. The fraction of sp³-hybridized carbons (Fsp3) is 0.231. The third-order valence-corrected chi connectivity index (χ3v) is 5.70. The van der Waals surface area contributed by atoms with Gasteiger partial charge in [-0.15, -0.1) is 11.6 Å². The van der Waals surface area contributed by atoms with Crippen molar-refractivity contribution in [2.75, 3.05) is 7.05 Å². The Balaban J connectivity index is 2.27. The van der Waals surface area contributed by atoms with Crippen LogP contribution in [-0.4, -0.2) is 19.8 Å². The van der Waals surface area contributed by atoms with Crippen LogP contribution < -0.4 is 0 Å². The fourth-order valence-electron chi connectivity index (χ4n) is 1.73. The average Bonchev–Trinajstić information content (AvgIpc) is 2.82. The van der Waals surface area contributed by atoms with Crippen LogP contribution in [0.4, 0.5) is 0 Å². The number of hydrogen-bond donors (Lipinski definition) is 0. The average molecular weight is 379 g/mol. The molecule has 1 aromatic heterocycles. The first-order chi connectivity index (χ1) is 9.45. The summed E-state index contributed by atoms with van der Waals surface area (Å²) in [7, 11) is -2.09. The van der Waals surface area contributed by atoms with E-state index < -0.39 is 10.0 Å². The lowest BCUT2D eigenvalue weighted by molar-refractivity contribution is 0.460. The van der Waals surface area contributed by atoms with Gasteiger partial charge in [0.05, 0.1) is 5.88 Å². The largest absolute Gasteiger partial charge is 0.452 e. The highest BCUT2D eigenvalue weighted by Crippen LogP contribution is 2.29. The molecule has 0 N–H and O–H groups in total. The molecule has 0 aliphatic carbocycles. The maximum atomic E-state index is 12.5. The second kappa shape index (κ2) is 6.30. The lowest BCUT2D eigenvalue weighted by Gasteiger charge is -2.16. The monoisotopic (exact) mass is 377 g/mol. The van der Waals surface area contributed by atoms with Crippen molar-refractivity contribution in [2.45, 2.75) is 17.3 Å². The molecule has 4 nitrogen and oxygen atoms in total. The summed E-state index contributed by atoms with van der Waals surface area (Å²) in [5, 5.41) is 0. The standard InChI is InChI=1S/C13H13BrClNO3S/c1-16(9-10-5-3-2-4-6-10)20(17,18)12-7-11(8-15)19-13(12)14/h2-7H,8-9H2,1H3. The van der Waals surface area contributed by atoms with E-state index in [1.807, 2.05) is 30.3 Å². The fourth-order valence-corrected chi connectivity index (χ4v) is 3.98. The number of benzene rings is 1. The van der Waals surface area contributed by atoms with Gasteiger partial charge in [-0.2, -0.15) is 4.31 Å². The van der Waals surface area contributed by atoms with Crippen LogP contribution in [0.3, 0.4) is 0 Å². The normalized spacial score (nSPS) is 12.0.